The van der Waals surface area contributed by atoms with E-state index in [0.29, 0.717) is 5.25 Å². The molecule has 92 valence electrons. The quantitative estimate of drug-likeness (QED) is 0.726. The van der Waals surface area contributed by atoms with Gasteiger partial charge in [-0.3, -0.25) is 0 Å². The van der Waals surface area contributed by atoms with Crippen molar-refractivity contribution < 1.29 is 5.11 Å². The van der Waals surface area contributed by atoms with Gasteiger partial charge in [0.15, 0.2) is 0 Å². The van der Waals surface area contributed by atoms with Crippen molar-refractivity contribution in [3.05, 3.63) is 0 Å². The third kappa shape index (κ3) is 4.35. The highest BCUT2D eigenvalue weighted by atomic mass is 32.2. The molecule has 3 unspecified atom stereocenters. The lowest BCUT2D eigenvalue weighted by molar-refractivity contribution is 0.294. The molecule has 1 fully saturated rings. The van der Waals surface area contributed by atoms with E-state index in [4.69, 9.17) is 10.4 Å². The van der Waals surface area contributed by atoms with Crippen LogP contribution in [0.5, 0.6) is 0 Å². The number of hydrogen-bond donors (Lipinski definition) is 1. The summed E-state index contributed by atoms with van der Waals surface area (Å²) in [5.41, 5.74) is 0. The average molecular weight is 241 g/mol. The minimum absolute atomic E-state index is 0.247. The van der Waals surface area contributed by atoms with Gasteiger partial charge in [0.05, 0.1) is 12.0 Å². The van der Waals surface area contributed by atoms with Crippen LogP contribution >= 0.6 is 11.8 Å². The third-order valence-corrected chi connectivity index (χ3v) is 4.87. The Hall–Kier alpha value is -0.200. The fraction of sp³-hybridized carbons (Fsp3) is 0.923. The van der Waals surface area contributed by atoms with Gasteiger partial charge in [0.2, 0.25) is 0 Å². The minimum atomic E-state index is 0.247. The predicted octanol–water partition coefficient (Wildman–Crippen LogP) is 3.21. The van der Waals surface area contributed by atoms with E-state index in [1.807, 2.05) is 11.8 Å². The Kier molecular flexibility index (Phi) is 6.91. The summed E-state index contributed by atoms with van der Waals surface area (Å²) in [6.45, 7) is 2.51. The van der Waals surface area contributed by atoms with E-state index in [-0.39, 0.29) is 12.5 Å². The normalized spacial score (nSPS) is 29.9. The average Bonchev–Trinajstić information content (AvgIpc) is 2.30. The number of aliphatic hydroxyl groups excluding tert-OH is 1. The Bertz CT molecular complexity index is 226. The second kappa shape index (κ2) is 7.97. The first-order chi connectivity index (χ1) is 7.81. The molecule has 16 heavy (non-hydrogen) atoms. The molecule has 0 aromatic carbocycles. The van der Waals surface area contributed by atoms with Gasteiger partial charge in [-0.2, -0.15) is 17.0 Å². The van der Waals surface area contributed by atoms with Crippen LogP contribution in [0.3, 0.4) is 0 Å². The summed E-state index contributed by atoms with van der Waals surface area (Å²) in [5.74, 6) is 2.08. The molecule has 0 heterocycles. The largest absolute Gasteiger partial charge is 0.396 e. The Morgan fingerprint density at radius 1 is 1.44 bits per heavy atom. The molecule has 0 spiro atoms. The zero-order chi connectivity index (χ0) is 11.8. The van der Waals surface area contributed by atoms with Gasteiger partial charge in [0, 0.05) is 11.9 Å². The lowest BCUT2D eigenvalue weighted by Gasteiger charge is -2.32. The van der Waals surface area contributed by atoms with Crippen molar-refractivity contribution in [2.24, 2.45) is 11.8 Å². The first kappa shape index (κ1) is 13.9. The van der Waals surface area contributed by atoms with E-state index in [9.17, 15) is 0 Å². The zero-order valence-corrected chi connectivity index (χ0v) is 11.0. The van der Waals surface area contributed by atoms with Gasteiger partial charge in [-0.15, -0.1) is 0 Å². The Labute approximate surface area is 103 Å². The Morgan fingerprint density at radius 3 is 2.88 bits per heavy atom. The molecule has 1 saturated carbocycles. The summed E-state index contributed by atoms with van der Waals surface area (Å²) in [4.78, 5) is 0. The summed E-state index contributed by atoms with van der Waals surface area (Å²) < 4.78 is 0. The van der Waals surface area contributed by atoms with Gasteiger partial charge in [-0.05, 0) is 37.4 Å². The molecule has 0 aromatic rings. The minimum Gasteiger partial charge on any atom is -0.396 e. The maximum atomic E-state index is 9.12. The second-order valence-corrected chi connectivity index (χ2v) is 6.04. The van der Waals surface area contributed by atoms with Crippen molar-refractivity contribution in [2.45, 2.75) is 50.7 Å². The molecule has 0 amide bonds. The van der Waals surface area contributed by atoms with Gasteiger partial charge in [0.1, 0.15) is 0 Å². The van der Waals surface area contributed by atoms with Crippen LogP contribution in [-0.4, -0.2) is 22.7 Å². The van der Waals surface area contributed by atoms with Gasteiger partial charge >= 0.3 is 0 Å². The van der Waals surface area contributed by atoms with Gasteiger partial charge in [-0.25, -0.2) is 0 Å². The number of thioether (sulfide) groups is 1. The molecule has 1 N–H and O–H groups in total. The van der Waals surface area contributed by atoms with Crippen LogP contribution in [0.4, 0.5) is 0 Å². The molecule has 0 radical (unpaired) electrons. The Morgan fingerprint density at radius 2 is 2.25 bits per heavy atom. The van der Waals surface area contributed by atoms with E-state index in [2.05, 4.69) is 13.0 Å². The molecule has 2 nitrogen and oxygen atoms in total. The summed E-state index contributed by atoms with van der Waals surface area (Å²) in [6.07, 6.45) is 6.96. The molecule has 1 aliphatic rings. The number of nitriles is 1. The van der Waals surface area contributed by atoms with Crippen LogP contribution in [0.15, 0.2) is 0 Å². The summed E-state index contributed by atoms with van der Waals surface area (Å²) in [6, 6.07) is 2.46. The smallest absolute Gasteiger partial charge is 0.0667 e. The number of rotatable bonds is 6. The first-order valence-corrected chi connectivity index (χ1v) is 7.48. The molecular weight excluding hydrogens is 218 g/mol. The molecule has 0 aromatic heterocycles. The molecule has 0 aliphatic heterocycles. The molecular formula is C13H23NOS. The number of nitrogens with zero attached hydrogens (tertiary/aromatic N) is 1. The summed E-state index contributed by atoms with van der Waals surface area (Å²) >= 11 is 1.90. The van der Waals surface area contributed by atoms with Crippen LogP contribution in [0.25, 0.3) is 0 Å². The van der Waals surface area contributed by atoms with Crippen LogP contribution < -0.4 is 0 Å². The highest BCUT2D eigenvalue weighted by molar-refractivity contribution is 7.99. The summed E-state index contributed by atoms with van der Waals surface area (Å²) in [5, 5.41) is 18.4. The van der Waals surface area contributed by atoms with Crippen LogP contribution in [0, 0.1) is 23.2 Å². The number of hydrogen-bond acceptors (Lipinski definition) is 3. The molecule has 0 saturated heterocycles. The van der Waals surface area contributed by atoms with E-state index in [0.717, 1.165) is 24.5 Å². The highest BCUT2D eigenvalue weighted by Gasteiger charge is 2.30. The van der Waals surface area contributed by atoms with Crippen molar-refractivity contribution in [1.82, 2.24) is 0 Å². The fourth-order valence-electron chi connectivity index (χ4n) is 2.51. The van der Waals surface area contributed by atoms with E-state index in [1.54, 1.807) is 0 Å². The van der Waals surface area contributed by atoms with Crippen molar-refractivity contribution in [3.63, 3.8) is 0 Å². The maximum absolute atomic E-state index is 9.12. The van der Waals surface area contributed by atoms with Crippen LogP contribution in [0.2, 0.25) is 0 Å². The van der Waals surface area contributed by atoms with Crippen LogP contribution in [-0.2, 0) is 0 Å². The zero-order valence-electron chi connectivity index (χ0n) is 10.2. The molecule has 3 heteroatoms. The first-order valence-electron chi connectivity index (χ1n) is 6.43. The molecule has 1 rings (SSSR count). The maximum Gasteiger partial charge on any atom is 0.0667 e. The van der Waals surface area contributed by atoms with Gasteiger partial charge in [-0.1, -0.05) is 19.8 Å². The standard InChI is InChI=1S/C13H23NOS/c1-2-4-11-5-6-12(10-14)13(9-11)16-8-3-7-15/h11-13,15H,2-9H2,1H3. The second-order valence-electron chi connectivity index (χ2n) is 4.69. The van der Waals surface area contributed by atoms with Gasteiger partial charge < -0.3 is 5.11 Å². The lowest BCUT2D eigenvalue weighted by Crippen LogP contribution is -2.26. The lowest BCUT2D eigenvalue weighted by atomic mass is 9.80. The molecule has 3 atom stereocenters. The number of aliphatic hydroxyl groups is 1. The van der Waals surface area contributed by atoms with E-state index in [1.165, 1.54) is 25.7 Å². The fourth-order valence-corrected chi connectivity index (χ4v) is 3.95. The molecule has 1 aliphatic carbocycles. The highest BCUT2D eigenvalue weighted by Crippen LogP contribution is 2.38. The summed E-state index contributed by atoms with van der Waals surface area (Å²) in [7, 11) is 0. The van der Waals surface area contributed by atoms with E-state index < -0.39 is 0 Å². The van der Waals surface area contributed by atoms with Crippen molar-refractivity contribution in [3.8, 4) is 6.07 Å². The topological polar surface area (TPSA) is 44.0 Å². The Balaban J connectivity index is 2.38. The van der Waals surface area contributed by atoms with Crippen molar-refractivity contribution in [1.29, 1.82) is 5.26 Å². The van der Waals surface area contributed by atoms with Crippen LogP contribution in [0.1, 0.15) is 45.4 Å². The SMILES string of the molecule is CCCC1CCC(C#N)C(SCCCO)C1. The van der Waals surface area contributed by atoms with Crippen molar-refractivity contribution in [2.75, 3.05) is 12.4 Å². The monoisotopic (exact) mass is 241 g/mol. The van der Waals surface area contributed by atoms with E-state index >= 15 is 0 Å². The molecule has 0 bridgehead atoms. The van der Waals surface area contributed by atoms with Crippen molar-refractivity contribution >= 4 is 11.8 Å². The third-order valence-electron chi connectivity index (χ3n) is 3.40. The van der Waals surface area contributed by atoms with Gasteiger partial charge in [0.25, 0.3) is 0 Å². The predicted molar refractivity (Wildman–Crippen MR) is 69.3 cm³/mol.